The van der Waals surface area contributed by atoms with Crippen molar-refractivity contribution in [2.45, 2.75) is 39.1 Å². The van der Waals surface area contributed by atoms with Crippen molar-refractivity contribution in [3.63, 3.8) is 0 Å². The monoisotopic (exact) mass is 572 g/mol. The highest BCUT2D eigenvalue weighted by molar-refractivity contribution is 5.92. The number of aliphatic imine (C=N–C) groups is 1. The molecule has 0 amide bonds. The van der Waals surface area contributed by atoms with Crippen LogP contribution in [-0.4, -0.2) is 75.2 Å². The number of aromatic nitrogens is 2. The number of hydrogen-bond donors (Lipinski definition) is 1. The Morgan fingerprint density at radius 2 is 2.07 bits per heavy atom. The van der Waals surface area contributed by atoms with E-state index in [9.17, 15) is 14.3 Å². The van der Waals surface area contributed by atoms with Crippen LogP contribution in [0.25, 0.3) is 11.0 Å². The number of fused-ring (bicyclic) bond motifs is 1. The summed E-state index contributed by atoms with van der Waals surface area (Å²) < 4.78 is 27.8. The fourth-order valence-electron chi connectivity index (χ4n) is 5.03. The van der Waals surface area contributed by atoms with Crippen LogP contribution in [0.5, 0.6) is 0 Å². The average molecular weight is 573 g/mol. The maximum Gasteiger partial charge on any atom is 0.335 e. The summed E-state index contributed by atoms with van der Waals surface area (Å²) in [6, 6.07) is 11.2. The van der Waals surface area contributed by atoms with Crippen molar-refractivity contribution in [2.24, 2.45) is 4.99 Å². The minimum absolute atomic E-state index is 0.0252. The topological polar surface area (TPSA) is 116 Å². The third kappa shape index (κ3) is 6.67. The van der Waals surface area contributed by atoms with E-state index in [1.165, 1.54) is 12.1 Å². The zero-order chi connectivity index (χ0) is 29.6. The van der Waals surface area contributed by atoms with Gasteiger partial charge in [-0.25, -0.2) is 19.2 Å². The Balaban J connectivity index is 1.22. The standard InChI is InChI=1S/C31H33FN6O4/c1-3-4-30(42-20-24-6-5-22(17-33)15-26(24)32)34-21(2)37-12-10-36(11-13-37)19-29-35-27-8-7-23(31(39)40)16-28(27)38(29)18-25-9-14-41-25/h3-8,15-16,25H,1,9-14,18-20H2,2H3,(H,39,40)/b30-4+,34-21+/t25-/m0/s1. The molecule has 2 fully saturated rings. The number of amidine groups is 1. The first kappa shape index (κ1) is 29.0. The second-order valence-electron chi connectivity index (χ2n) is 10.3. The van der Waals surface area contributed by atoms with Gasteiger partial charge in [-0.1, -0.05) is 18.7 Å². The normalized spacial score (nSPS) is 18.0. The molecule has 1 aromatic heterocycles. The number of aromatic carboxylic acids is 1. The SMILES string of the molecule is C=C/C=C(\N=C(/C)N1CCN(Cc2nc3ccc(C(=O)O)cc3n2C[C@@H]2CCO2)CC1)OCc1ccc(C#N)cc1F. The molecule has 1 N–H and O–H groups in total. The lowest BCUT2D eigenvalue weighted by Crippen LogP contribution is -2.48. The van der Waals surface area contributed by atoms with Crippen LogP contribution < -0.4 is 0 Å². The quantitative estimate of drug-likeness (QED) is 0.165. The molecule has 3 heterocycles. The number of hydrogen-bond acceptors (Lipinski definition) is 7. The molecule has 0 radical (unpaired) electrons. The van der Waals surface area contributed by atoms with Crippen LogP contribution >= 0.6 is 0 Å². The summed E-state index contributed by atoms with van der Waals surface area (Å²) in [5.74, 6) is 0.526. The fourth-order valence-corrected chi connectivity index (χ4v) is 5.03. The van der Waals surface area contributed by atoms with E-state index in [0.717, 1.165) is 61.9 Å². The Morgan fingerprint density at radius 3 is 2.71 bits per heavy atom. The van der Waals surface area contributed by atoms with Crippen LogP contribution in [0, 0.1) is 17.1 Å². The number of carboxylic acids is 1. The number of allylic oxidation sites excluding steroid dienone is 2. The molecule has 2 aliphatic heterocycles. The van der Waals surface area contributed by atoms with Gasteiger partial charge in [0, 0.05) is 38.3 Å². The lowest BCUT2D eigenvalue weighted by molar-refractivity contribution is -0.0592. The second kappa shape index (κ2) is 13.0. The first-order chi connectivity index (χ1) is 20.3. The van der Waals surface area contributed by atoms with E-state index in [0.29, 0.717) is 24.5 Å². The minimum atomic E-state index is -0.961. The van der Waals surface area contributed by atoms with Gasteiger partial charge in [-0.3, -0.25) is 4.90 Å². The van der Waals surface area contributed by atoms with Crippen molar-refractivity contribution in [3.05, 3.63) is 89.3 Å². The largest absolute Gasteiger partial charge is 0.478 e. The highest BCUT2D eigenvalue weighted by atomic mass is 19.1. The van der Waals surface area contributed by atoms with Gasteiger partial charge in [0.25, 0.3) is 0 Å². The van der Waals surface area contributed by atoms with Gasteiger partial charge >= 0.3 is 5.97 Å². The molecule has 0 aliphatic carbocycles. The third-order valence-electron chi connectivity index (χ3n) is 7.54. The Labute approximate surface area is 243 Å². The zero-order valence-corrected chi connectivity index (χ0v) is 23.5. The minimum Gasteiger partial charge on any atom is -0.478 e. The van der Waals surface area contributed by atoms with Crippen molar-refractivity contribution < 1.29 is 23.8 Å². The average Bonchev–Trinajstić information content (AvgIpc) is 3.30. The maximum absolute atomic E-state index is 14.3. The molecule has 0 spiro atoms. The predicted octanol–water partition coefficient (Wildman–Crippen LogP) is 4.31. The summed E-state index contributed by atoms with van der Waals surface area (Å²) in [5.41, 5.74) is 2.41. The van der Waals surface area contributed by atoms with Crippen LogP contribution in [0.4, 0.5) is 4.39 Å². The summed E-state index contributed by atoms with van der Waals surface area (Å²) in [6.45, 7) is 10.7. The van der Waals surface area contributed by atoms with Gasteiger partial charge in [-0.2, -0.15) is 5.26 Å². The first-order valence-corrected chi connectivity index (χ1v) is 13.9. The highest BCUT2D eigenvalue weighted by Gasteiger charge is 2.25. The van der Waals surface area contributed by atoms with E-state index in [4.69, 9.17) is 19.7 Å². The van der Waals surface area contributed by atoms with E-state index < -0.39 is 11.8 Å². The van der Waals surface area contributed by atoms with Crippen molar-refractivity contribution in [1.29, 1.82) is 5.26 Å². The maximum atomic E-state index is 14.3. The van der Waals surface area contributed by atoms with Crippen LogP contribution in [0.3, 0.4) is 0 Å². The lowest BCUT2D eigenvalue weighted by Gasteiger charge is -2.36. The summed E-state index contributed by atoms with van der Waals surface area (Å²) in [7, 11) is 0. The Hall–Kier alpha value is -4.53. The first-order valence-electron chi connectivity index (χ1n) is 13.9. The Kier molecular flexibility index (Phi) is 8.95. The van der Waals surface area contributed by atoms with Gasteiger partial charge in [-0.15, -0.1) is 0 Å². The third-order valence-corrected chi connectivity index (χ3v) is 7.54. The molecule has 5 rings (SSSR count). The van der Waals surface area contributed by atoms with Crippen LogP contribution in [0.2, 0.25) is 0 Å². The van der Waals surface area contributed by atoms with Gasteiger partial charge in [0.15, 0.2) is 0 Å². The van der Waals surface area contributed by atoms with Gasteiger partial charge in [0.2, 0.25) is 5.88 Å². The van der Waals surface area contributed by atoms with Crippen molar-refractivity contribution in [1.82, 2.24) is 19.4 Å². The van der Waals surface area contributed by atoms with Crippen molar-refractivity contribution in [2.75, 3.05) is 32.8 Å². The smallest absolute Gasteiger partial charge is 0.335 e. The molecule has 0 unspecified atom stereocenters. The number of carbonyl (C=O) groups is 1. The molecule has 0 saturated carbocycles. The van der Waals surface area contributed by atoms with Gasteiger partial charge in [0.05, 0.1) is 47.4 Å². The lowest BCUT2D eigenvalue weighted by atomic mass is 10.1. The van der Waals surface area contributed by atoms with Crippen LogP contribution in [0.1, 0.15) is 40.7 Å². The van der Waals surface area contributed by atoms with E-state index in [-0.39, 0.29) is 23.8 Å². The summed E-state index contributed by atoms with van der Waals surface area (Å²) in [6.07, 6.45) is 4.29. The summed E-state index contributed by atoms with van der Waals surface area (Å²) in [5, 5.41) is 18.4. The molecule has 42 heavy (non-hydrogen) atoms. The van der Waals surface area contributed by atoms with E-state index in [1.807, 2.05) is 13.0 Å². The molecular formula is C31H33FN6O4. The number of imidazole rings is 1. The van der Waals surface area contributed by atoms with Crippen LogP contribution in [-0.2, 0) is 29.2 Å². The number of nitriles is 1. The molecule has 2 aliphatic rings. The molecular weight excluding hydrogens is 539 g/mol. The molecule has 0 bridgehead atoms. The molecule has 3 aromatic rings. The molecule has 218 valence electrons. The van der Waals surface area contributed by atoms with Crippen molar-refractivity contribution >= 4 is 22.8 Å². The van der Waals surface area contributed by atoms with Crippen LogP contribution in [0.15, 0.2) is 66.0 Å². The summed E-state index contributed by atoms with van der Waals surface area (Å²) in [4.78, 5) is 25.6. The van der Waals surface area contributed by atoms with E-state index >= 15 is 0 Å². The van der Waals surface area contributed by atoms with E-state index in [1.54, 1.807) is 36.4 Å². The zero-order valence-electron chi connectivity index (χ0n) is 23.5. The number of nitrogens with zero attached hydrogens (tertiary/aromatic N) is 6. The molecule has 2 aromatic carbocycles. The molecule has 1 atom stereocenters. The highest BCUT2D eigenvalue weighted by Crippen LogP contribution is 2.24. The van der Waals surface area contributed by atoms with Gasteiger partial charge < -0.3 is 24.0 Å². The number of piperazine rings is 1. The fraction of sp³-hybridized carbons (Fsp3) is 0.355. The predicted molar refractivity (Wildman–Crippen MR) is 155 cm³/mol. The molecule has 2 saturated heterocycles. The Bertz CT molecular complexity index is 1580. The number of ether oxygens (including phenoxy) is 2. The Morgan fingerprint density at radius 1 is 1.29 bits per heavy atom. The van der Waals surface area contributed by atoms with Gasteiger partial charge in [-0.05, 0) is 49.8 Å². The van der Waals surface area contributed by atoms with Gasteiger partial charge in [0.1, 0.15) is 24.1 Å². The second-order valence-corrected chi connectivity index (χ2v) is 10.3. The number of rotatable bonds is 10. The summed E-state index contributed by atoms with van der Waals surface area (Å²) >= 11 is 0. The van der Waals surface area contributed by atoms with Crippen molar-refractivity contribution in [3.8, 4) is 6.07 Å². The molecule has 11 heteroatoms. The number of halogens is 1. The number of carboxylic acid groups (broad SMARTS) is 1. The van der Waals surface area contributed by atoms with E-state index in [2.05, 4.69) is 25.9 Å². The molecule has 10 nitrogen and oxygen atoms in total. The number of benzene rings is 2.